The van der Waals surface area contributed by atoms with Crippen LogP contribution in [-0.4, -0.2) is 57.8 Å². The van der Waals surface area contributed by atoms with E-state index in [1.807, 2.05) is 56.4 Å². The number of benzene rings is 4. The highest BCUT2D eigenvalue weighted by Crippen LogP contribution is 2.39. The number of hydrogen-bond acceptors (Lipinski definition) is 8. The lowest BCUT2D eigenvalue weighted by Gasteiger charge is -2.34. The summed E-state index contributed by atoms with van der Waals surface area (Å²) in [4.78, 5) is 39.6. The number of nitrogens with two attached hydrogens (primary N) is 2. The summed E-state index contributed by atoms with van der Waals surface area (Å²) >= 11 is 3.21. The molecule has 2 amide bonds. The molecule has 296 valence electrons. The average molecular weight is 807 g/mol. The first-order valence-electron chi connectivity index (χ1n) is 18.7. The van der Waals surface area contributed by atoms with Gasteiger partial charge in [-0.3, -0.25) is 9.59 Å². The Hall–Kier alpha value is -5.21. The molecular weight excluding hydrogens is 760 g/mol. The smallest absolute Gasteiger partial charge is 0.228 e. The van der Waals surface area contributed by atoms with Gasteiger partial charge >= 0.3 is 0 Å². The number of H-pyrrole nitrogens is 1. The number of aromatic nitrogens is 4. The molecule has 0 bridgehead atoms. The number of carbonyl (C=O) groups is 2. The molecule has 4 heterocycles. The van der Waals surface area contributed by atoms with E-state index in [1.54, 1.807) is 42.5 Å². The fourth-order valence-corrected chi connectivity index (χ4v) is 8.71. The zero-order valence-corrected chi connectivity index (χ0v) is 33.7. The molecule has 0 saturated carbocycles. The van der Waals surface area contributed by atoms with Crippen molar-refractivity contribution in [1.29, 1.82) is 0 Å². The number of aromatic amines is 1. The van der Waals surface area contributed by atoms with Crippen LogP contribution in [0.1, 0.15) is 48.5 Å². The van der Waals surface area contributed by atoms with Crippen LogP contribution in [0.4, 0.5) is 4.39 Å². The Morgan fingerprint density at radius 2 is 1.18 bits per heavy atom. The van der Waals surface area contributed by atoms with Gasteiger partial charge in [-0.05, 0) is 123 Å². The van der Waals surface area contributed by atoms with E-state index < -0.39 is 10.8 Å². The summed E-state index contributed by atoms with van der Waals surface area (Å²) in [7, 11) is 0. The minimum absolute atomic E-state index is 0.252. The minimum Gasteiger partial charge on any atom is -0.381 e. The van der Waals surface area contributed by atoms with E-state index in [0.29, 0.717) is 52.1 Å². The Morgan fingerprint density at radius 1 is 0.684 bits per heavy atom. The Balaban J connectivity index is 0.000000170. The van der Waals surface area contributed by atoms with Crippen LogP contribution >= 0.6 is 23.5 Å². The fraction of sp³-hybridized carbons (Fsp3) is 0.273. The number of rotatable bonds is 9. The SMILES string of the molecule is Cc1ncc[nH]1.Cc1nccn1-c1ccc(Sc2cccc(C3(C(N)=O)CCOCC3)c2)cc1.NC(=O)C1(c2cccc(Sc3ccc(F)cc3)c2)CCOCC1. The summed E-state index contributed by atoms with van der Waals surface area (Å²) in [5, 5.41) is 0. The van der Waals surface area contributed by atoms with Gasteiger partial charge in [-0.15, -0.1) is 0 Å². The molecule has 2 aliphatic heterocycles. The highest BCUT2D eigenvalue weighted by molar-refractivity contribution is 7.99. The molecule has 0 radical (unpaired) electrons. The lowest BCUT2D eigenvalue weighted by atomic mass is 9.73. The van der Waals surface area contributed by atoms with Crippen LogP contribution in [0.5, 0.6) is 0 Å². The third kappa shape index (κ3) is 10.4. The maximum absolute atomic E-state index is 13.0. The van der Waals surface area contributed by atoms with Crippen molar-refractivity contribution in [3.8, 4) is 5.69 Å². The maximum atomic E-state index is 13.0. The first-order chi connectivity index (χ1) is 27.6. The number of nitrogens with one attached hydrogen (secondary N) is 1. The van der Waals surface area contributed by atoms with Crippen molar-refractivity contribution in [1.82, 2.24) is 19.5 Å². The van der Waals surface area contributed by atoms with Crippen molar-refractivity contribution in [2.24, 2.45) is 11.5 Å². The van der Waals surface area contributed by atoms with Gasteiger partial charge in [0.1, 0.15) is 17.5 Å². The van der Waals surface area contributed by atoms with Crippen molar-refractivity contribution < 1.29 is 23.5 Å². The summed E-state index contributed by atoms with van der Waals surface area (Å²) in [5.74, 6) is 1.11. The minimum atomic E-state index is -0.655. The van der Waals surface area contributed by atoms with Crippen LogP contribution in [0.3, 0.4) is 0 Å². The molecule has 10 nitrogen and oxygen atoms in total. The molecule has 2 aliphatic rings. The molecule has 0 unspecified atom stereocenters. The molecule has 8 rings (SSSR count). The molecule has 13 heteroatoms. The quantitative estimate of drug-likeness (QED) is 0.133. The number of aryl methyl sites for hydroxylation is 2. The van der Waals surface area contributed by atoms with Crippen LogP contribution in [0.15, 0.2) is 141 Å². The van der Waals surface area contributed by atoms with Crippen LogP contribution in [0, 0.1) is 19.7 Å². The predicted molar refractivity (Wildman–Crippen MR) is 221 cm³/mol. The summed E-state index contributed by atoms with van der Waals surface area (Å²) in [6, 6.07) is 30.8. The van der Waals surface area contributed by atoms with Gasteiger partial charge in [0.15, 0.2) is 0 Å². The Kier molecular flexibility index (Phi) is 14.0. The molecule has 0 aliphatic carbocycles. The second-order valence-corrected chi connectivity index (χ2v) is 16.1. The van der Waals surface area contributed by atoms with Gasteiger partial charge in [0.05, 0.1) is 10.8 Å². The first-order valence-corrected chi connectivity index (χ1v) is 20.4. The van der Waals surface area contributed by atoms with Crippen molar-refractivity contribution >= 4 is 35.3 Å². The third-order valence-electron chi connectivity index (χ3n) is 10.3. The van der Waals surface area contributed by atoms with E-state index in [2.05, 4.69) is 55.9 Å². The predicted octanol–water partition coefficient (Wildman–Crippen LogP) is 8.09. The molecular formula is C44H47FN6O4S2. The first kappa shape index (κ1) is 41.4. The normalized spacial score (nSPS) is 15.6. The van der Waals surface area contributed by atoms with Crippen molar-refractivity contribution in [2.75, 3.05) is 26.4 Å². The highest BCUT2D eigenvalue weighted by Gasteiger charge is 2.41. The zero-order valence-electron chi connectivity index (χ0n) is 32.0. The number of carbonyl (C=O) groups excluding carboxylic acids is 2. The molecule has 57 heavy (non-hydrogen) atoms. The van der Waals surface area contributed by atoms with Gasteiger partial charge in [0, 0.05) is 76.5 Å². The number of imidazole rings is 2. The second kappa shape index (κ2) is 19.3. The summed E-state index contributed by atoms with van der Waals surface area (Å²) in [5.41, 5.74) is 13.2. The van der Waals surface area contributed by atoms with E-state index in [1.165, 1.54) is 23.9 Å². The monoisotopic (exact) mass is 806 g/mol. The molecule has 6 aromatic rings. The standard InChI is InChI=1S/C22H23N3O2S.C18H18FNO2S.C4H6N2/c1-16-24-11-12-25(16)18-5-7-19(8-6-18)28-20-4-2-3-17(15-20)22(21(23)26)9-13-27-14-10-22;19-14-4-6-15(7-5-14)23-16-3-1-2-13(12-16)18(17(20)21)8-10-22-11-9-18;1-4-5-2-3-6-4/h2-8,11-12,15H,9-10,13-14H2,1H3,(H2,23,26);1-7,12H,8-11H2,(H2,20,21);2-3H,1H3,(H,5,6). The van der Waals surface area contributed by atoms with Gasteiger partial charge in [-0.1, -0.05) is 47.8 Å². The van der Waals surface area contributed by atoms with Crippen molar-refractivity contribution in [3.63, 3.8) is 0 Å². The number of amides is 2. The average Bonchev–Trinajstić information content (AvgIpc) is 3.90. The molecule has 2 fully saturated rings. The van der Waals surface area contributed by atoms with Gasteiger partial charge in [0.25, 0.3) is 0 Å². The maximum Gasteiger partial charge on any atom is 0.228 e. The molecule has 0 atom stereocenters. The summed E-state index contributed by atoms with van der Waals surface area (Å²) in [6.45, 7) is 6.11. The largest absolute Gasteiger partial charge is 0.381 e. The number of ether oxygens (including phenoxy) is 2. The number of nitrogens with zero attached hydrogens (tertiary/aromatic N) is 3. The lowest BCUT2D eigenvalue weighted by molar-refractivity contribution is -0.127. The number of halogens is 1. The van der Waals surface area contributed by atoms with Gasteiger partial charge in [-0.2, -0.15) is 0 Å². The van der Waals surface area contributed by atoms with Crippen LogP contribution in [0.2, 0.25) is 0 Å². The van der Waals surface area contributed by atoms with Gasteiger partial charge < -0.3 is 30.5 Å². The lowest BCUT2D eigenvalue weighted by Crippen LogP contribution is -2.45. The summed E-state index contributed by atoms with van der Waals surface area (Å²) in [6.07, 6.45) is 9.77. The zero-order chi connectivity index (χ0) is 40.3. The van der Waals surface area contributed by atoms with E-state index >= 15 is 0 Å². The highest BCUT2D eigenvalue weighted by atomic mass is 32.2. The van der Waals surface area contributed by atoms with Gasteiger partial charge in [0.2, 0.25) is 11.8 Å². The Labute approximate surface area is 341 Å². The topological polar surface area (TPSA) is 151 Å². The van der Waals surface area contributed by atoms with E-state index in [-0.39, 0.29) is 17.6 Å². The summed E-state index contributed by atoms with van der Waals surface area (Å²) < 4.78 is 25.9. The fourth-order valence-electron chi connectivity index (χ4n) is 6.95. The van der Waals surface area contributed by atoms with Crippen LogP contribution in [0.25, 0.3) is 5.69 Å². The van der Waals surface area contributed by atoms with E-state index in [0.717, 1.165) is 48.0 Å². The Bertz CT molecular complexity index is 2220. The molecule has 2 saturated heterocycles. The molecule has 2 aromatic heterocycles. The molecule has 4 aromatic carbocycles. The second-order valence-electron chi connectivity index (χ2n) is 13.8. The van der Waals surface area contributed by atoms with E-state index in [4.69, 9.17) is 20.9 Å². The van der Waals surface area contributed by atoms with Gasteiger partial charge in [-0.25, -0.2) is 14.4 Å². The van der Waals surface area contributed by atoms with E-state index in [9.17, 15) is 14.0 Å². The van der Waals surface area contributed by atoms with Crippen molar-refractivity contribution in [2.45, 2.75) is 69.9 Å². The Morgan fingerprint density at radius 3 is 1.56 bits per heavy atom. The number of primary amides is 2. The van der Waals surface area contributed by atoms with Crippen molar-refractivity contribution in [3.05, 3.63) is 150 Å². The molecule has 5 N–H and O–H groups in total. The number of hydrogen-bond donors (Lipinski definition) is 3. The third-order valence-corrected chi connectivity index (χ3v) is 12.3. The van der Waals surface area contributed by atoms with Crippen LogP contribution < -0.4 is 11.5 Å². The molecule has 0 spiro atoms. The van der Waals surface area contributed by atoms with Crippen LogP contribution in [-0.2, 0) is 29.9 Å².